The first-order valence-electron chi connectivity index (χ1n) is 10.1. The summed E-state index contributed by atoms with van der Waals surface area (Å²) >= 11 is 0. The molecule has 0 amide bonds. The summed E-state index contributed by atoms with van der Waals surface area (Å²) in [6, 6.07) is 20.9. The number of fused-ring (bicyclic) bond motifs is 1. The Hall–Kier alpha value is -4.46. The molecular weight excluding hydrogens is 404 g/mol. The molecular formula is C24H20N6O2. The summed E-state index contributed by atoms with van der Waals surface area (Å²) in [5.41, 5.74) is 3.01. The number of hydrogen-bond donors (Lipinski definition) is 2. The van der Waals surface area contributed by atoms with Crippen molar-refractivity contribution in [1.29, 1.82) is 0 Å². The molecule has 0 aliphatic rings. The van der Waals surface area contributed by atoms with Crippen LogP contribution in [0, 0.1) is 6.92 Å². The molecule has 0 saturated carbocycles. The maximum absolute atomic E-state index is 13.0. The van der Waals surface area contributed by atoms with Crippen LogP contribution >= 0.6 is 0 Å². The topological polar surface area (TPSA) is 97.2 Å². The van der Waals surface area contributed by atoms with E-state index >= 15 is 0 Å². The zero-order valence-electron chi connectivity index (χ0n) is 17.3. The number of anilines is 2. The molecule has 2 N–H and O–H groups in total. The normalized spacial score (nSPS) is 10.9. The summed E-state index contributed by atoms with van der Waals surface area (Å²) in [7, 11) is 0. The van der Waals surface area contributed by atoms with Crippen LogP contribution in [0.4, 0.5) is 11.6 Å². The van der Waals surface area contributed by atoms with Crippen molar-refractivity contribution in [2.75, 3.05) is 5.32 Å². The van der Waals surface area contributed by atoms with Crippen LogP contribution in [0.5, 0.6) is 11.5 Å². The average molecular weight is 424 g/mol. The van der Waals surface area contributed by atoms with Gasteiger partial charge in [-0.25, -0.2) is 4.98 Å². The fraction of sp³-hybridized carbons (Fsp3) is 0.0833. The molecule has 0 saturated heterocycles. The van der Waals surface area contributed by atoms with Gasteiger partial charge >= 0.3 is 0 Å². The highest BCUT2D eigenvalue weighted by Crippen LogP contribution is 2.23. The highest BCUT2D eigenvalue weighted by Gasteiger charge is 2.14. The molecule has 0 fully saturated rings. The molecule has 0 bridgehead atoms. The van der Waals surface area contributed by atoms with Gasteiger partial charge < -0.3 is 10.1 Å². The molecule has 0 aliphatic carbocycles. The Morgan fingerprint density at radius 1 is 0.938 bits per heavy atom. The van der Waals surface area contributed by atoms with E-state index in [1.54, 1.807) is 24.5 Å². The average Bonchev–Trinajstić information content (AvgIpc) is 3.22. The Morgan fingerprint density at radius 3 is 2.41 bits per heavy atom. The van der Waals surface area contributed by atoms with Gasteiger partial charge in [0, 0.05) is 30.1 Å². The third kappa shape index (κ3) is 4.06. The lowest BCUT2D eigenvalue weighted by Gasteiger charge is -2.07. The zero-order chi connectivity index (χ0) is 21.9. The number of hydrogen-bond acceptors (Lipinski definition) is 6. The van der Waals surface area contributed by atoms with Gasteiger partial charge in [0.25, 0.3) is 11.3 Å². The summed E-state index contributed by atoms with van der Waals surface area (Å²) in [5.74, 6) is 2.16. The number of pyridine rings is 1. The van der Waals surface area contributed by atoms with E-state index in [1.807, 2.05) is 61.5 Å². The molecule has 5 rings (SSSR count). The fourth-order valence-electron chi connectivity index (χ4n) is 3.40. The van der Waals surface area contributed by atoms with E-state index in [-0.39, 0.29) is 5.56 Å². The summed E-state index contributed by atoms with van der Waals surface area (Å²) < 4.78 is 7.15. The summed E-state index contributed by atoms with van der Waals surface area (Å²) in [6.45, 7) is 1.84. The standard InChI is InChI=1S/C24H20N6O2/c1-16-21(15-17-5-3-2-4-6-17)22(31)30-24(26-16)28-23(29-30)27-18-7-9-19(10-8-18)32-20-11-13-25-14-12-20/h2-14H,15H2,1H3,(H2,26,27,28,29). The molecule has 3 aromatic heterocycles. The molecule has 8 nitrogen and oxygen atoms in total. The first-order chi connectivity index (χ1) is 15.7. The molecule has 0 spiro atoms. The molecule has 5 aromatic rings. The van der Waals surface area contributed by atoms with Crippen LogP contribution in [0.3, 0.4) is 0 Å². The molecule has 32 heavy (non-hydrogen) atoms. The number of aromatic nitrogens is 5. The maximum atomic E-state index is 13.0. The largest absolute Gasteiger partial charge is 0.457 e. The van der Waals surface area contributed by atoms with Crippen LogP contribution in [-0.4, -0.2) is 24.6 Å². The predicted molar refractivity (Wildman–Crippen MR) is 122 cm³/mol. The predicted octanol–water partition coefficient (Wildman–Crippen LogP) is 4.25. The molecule has 0 unspecified atom stereocenters. The van der Waals surface area contributed by atoms with Gasteiger partial charge in [-0.15, -0.1) is 0 Å². The van der Waals surface area contributed by atoms with E-state index in [2.05, 4.69) is 25.4 Å². The summed E-state index contributed by atoms with van der Waals surface area (Å²) in [4.78, 5) is 25.9. The lowest BCUT2D eigenvalue weighted by atomic mass is 10.1. The molecule has 3 heterocycles. The first kappa shape index (κ1) is 19.5. The van der Waals surface area contributed by atoms with Crippen LogP contribution < -0.4 is 15.6 Å². The molecule has 8 heteroatoms. The quantitative estimate of drug-likeness (QED) is 0.423. The summed E-state index contributed by atoms with van der Waals surface area (Å²) in [5, 5.41) is 6.17. The highest BCUT2D eigenvalue weighted by atomic mass is 16.5. The Balaban J connectivity index is 1.37. The minimum Gasteiger partial charge on any atom is -0.457 e. The van der Waals surface area contributed by atoms with Gasteiger partial charge in [0.1, 0.15) is 11.5 Å². The van der Waals surface area contributed by atoms with Gasteiger partial charge in [-0.05, 0) is 48.9 Å². The third-order valence-corrected chi connectivity index (χ3v) is 5.02. The van der Waals surface area contributed by atoms with Crippen molar-refractivity contribution >= 4 is 17.4 Å². The number of aryl methyl sites for hydroxylation is 1. The number of benzene rings is 2. The Kier molecular flexibility index (Phi) is 5.09. The lowest BCUT2D eigenvalue weighted by molar-refractivity contribution is 0.482. The van der Waals surface area contributed by atoms with Crippen LogP contribution in [-0.2, 0) is 6.42 Å². The number of H-pyrrole nitrogens is 1. The second-order valence-electron chi connectivity index (χ2n) is 7.29. The number of ether oxygens (including phenoxy) is 1. The fourth-order valence-corrected chi connectivity index (χ4v) is 3.40. The monoisotopic (exact) mass is 424 g/mol. The van der Waals surface area contributed by atoms with Crippen molar-refractivity contribution < 1.29 is 4.74 Å². The minimum atomic E-state index is -0.155. The van der Waals surface area contributed by atoms with Crippen molar-refractivity contribution in [3.63, 3.8) is 0 Å². The maximum Gasteiger partial charge on any atom is 0.277 e. The smallest absolute Gasteiger partial charge is 0.277 e. The SMILES string of the molecule is Cc1nc2nc(Nc3ccc(Oc4ccncc4)cc3)[nH]n2c(=O)c1Cc1ccccc1. The van der Waals surface area contributed by atoms with Crippen LogP contribution in [0.25, 0.3) is 5.78 Å². The van der Waals surface area contributed by atoms with Crippen LogP contribution in [0.1, 0.15) is 16.8 Å². The molecule has 2 aromatic carbocycles. The van der Waals surface area contributed by atoms with E-state index < -0.39 is 0 Å². The number of nitrogens with zero attached hydrogens (tertiary/aromatic N) is 4. The zero-order valence-corrected chi connectivity index (χ0v) is 17.3. The van der Waals surface area contributed by atoms with E-state index in [0.717, 1.165) is 11.3 Å². The molecule has 0 aliphatic heterocycles. The van der Waals surface area contributed by atoms with Crippen LogP contribution in [0.2, 0.25) is 0 Å². The second-order valence-corrected chi connectivity index (χ2v) is 7.29. The van der Waals surface area contributed by atoms with Crippen molar-refractivity contribution in [2.24, 2.45) is 0 Å². The third-order valence-electron chi connectivity index (χ3n) is 5.02. The second kappa shape index (κ2) is 8.35. The van der Waals surface area contributed by atoms with E-state index in [1.165, 1.54) is 4.52 Å². The Morgan fingerprint density at radius 2 is 1.66 bits per heavy atom. The number of rotatable bonds is 6. The summed E-state index contributed by atoms with van der Waals surface area (Å²) in [6.07, 6.45) is 3.87. The van der Waals surface area contributed by atoms with E-state index in [4.69, 9.17) is 4.74 Å². The highest BCUT2D eigenvalue weighted by molar-refractivity contribution is 5.56. The molecule has 0 radical (unpaired) electrons. The Labute approximate surface area is 183 Å². The van der Waals surface area contributed by atoms with E-state index in [9.17, 15) is 4.79 Å². The lowest BCUT2D eigenvalue weighted by Crippen LogP contribution is -2.22. The van der Waals surface area contributed by atoms with Crippen molar-refractivity contribution in [3.8, 4) is 11.5 Å². The number of aromatic amines is 1. The van der Waals surface area contributed by atoms with Crippen molar-refractivity contribution in [3.05, 3.63) is 106 Å². The number of nitrogens with one attached hydrogen (secondary N) is 2. The van der Waals surface area contributed by atoms with Gasteiger partial charge in [-0.3, -0.25) is 14.9 Å². The Bertz CT molecular complexity index is 1410. The molecule has 158 valence electrons. The van der Waals surface area contributed by atoms with Crippen molar-refractivity contribution in [1.82, 2.24) is 24.6 Å². The molecule has 0 atom stereocenters. The van der Waals surface area contributed by atoms with Gasteiger partial charge in [-0.1, -0.05) is 30.3 Å². The minimum absolute atomic E-state index is 0.155. The van der Waals surface area contributed by atoms with Gasteiger partial charge in [-0.2, -0.15) is 9.50 Å². The van der Waals surface area contributed by atoms with Gasteiger partial charge in [0.15, 0.2) is 0 Å². The first-order valence-corrected chi connectivity index (χ1v) is 10.1. The van der Waals surface area contributed by atoms with Gasteiger partial charge in [0.05, 0.1) is 5.69 Å². The van der Waals surface area contributed by atoms with Gasteiger partial charge in [0.2, 0.25) is 5.95 Å². The van der Waals surface area contributed by atoms with Crippen LogP contribution in [0.15, 0.2) is 83.9 Å². The van der Waals surface area contributed by atoms with E-state index in [0.29, 0.717) is 40.9 Å². The van der Waals surface area contributed by atoms with Crippen molar-refractivity contribution in [2.45, 2.75) is 13.3 Å².